The third-order valence-corrected chi connectivity index (χ3v) is 3.13. The van der Waals surface area contributed by atoms with Crippen LogP contribution in [-0.4, -0.2) is 27.4 Å². The fourth-order valence-corrected chi connectivity index (χ4v) is 1.95. The van der Waals surface area contributed by atoms with Crippen molar-refractivity contribution < 1.29 is 4.79 Å². The van der Waals surface area contributed by atoms with Gasteiger partial charge in [0.05, 0.1) is 12.7 Å². The van der Waals surface area contributed by atoms with Crippen LogP contribution in [-0.2, 0) is 11.3 Å². The van der Waals surface area contributed by atoms with E-state index in [0.29, 0.717) is 19.5 Å². The van der Waals surface area contributed by atoms with Crippen LogP contribution in [0.25, 0.3) is 0 Å². The predicted octanol–water partition coefficient (Wildman–Crippen LogP) is 1.17. The van der Waals surface area contributed by atoms with Crippen molar-refractivity contribution >= 4 is 11.6 Å². The van der Waals surface area contributed by atoms with E-state index in [1.807, 2.05) is 31.2 Å². The largest absolute Gasteiger partial charge is 0.399 e. The van der Waals surface area contributed by atoms with Gasteiger partial charge in [0, 0.05) is 24.8 Å². The first-order valence-corrected chi connectivity index (χ1v) is 6.61. The molecule has 1 heterocycles. The molecule has 2 rings (SSSR count). The monoisotopic (exact) mass is 273 g/mol. The maximum atomic E-state index is 11.8. The number of benzene rings is 1. The first kappa shape index (κ1) is 14.0. The molecule has 0 saturated carbocycles. The number of aromatic nitrogens is 3. The third-order valence-electron chi connectivity index (χ3n) is 3.13. The average Bonchev–Trinajstić information content (AvgIpc) is 2.92. The van der Waals surface area contributed by atoms with Crippen LogP contribution in [0.3, 0.4) is 0 Å². The van der Waals surface area contributed by atoms with E-state index in [1.165, 1.54) is 0 Å². The number of nitrogens with zero attached hydrogens (tertiary/aromatic N) is 3. The van der Waals surface area contributed by atoms with E-state index in [0.717, 1.165) is 11.3 Å². The van der Waals surface area contributed by atoms with Gasteiger partial charge in [-0.2, -0.15) is 0 Å². The molecule has 1 aromatic heterocycles. The van der Waals surface area contributed by atoms with Crippen LogP contribution in [0.2, 0.25) is 0 Å². The molecule has 0 spiro atoms. The molecular formula is C14H19N5O. The molecule has 20 heavy (non-hydrogen) atoms. The summed E-state index contributed by atoms with van der Waals surface area (Å²) in [6.07, 6.45) is 3.84. The Morgan fingerprint density at radius 1 is 1.40 bits per heavy atom. The summed E-state index contributed by atoms with van der Waals surface area (Å²) in [6.45, 7) is 3.21. The van der Waals surface area contributed by atoms with E-state index in [2.05, 4.69) is 15.6 Å². The van der Waals surface area contributed by atoms with Crippen molar-refractivity contribution in [3.63, 3.8) is 0 Å². The molecule has 3 N–H and O–H groups in total. The molecular weight excluding hydrogens is 254 g/mol. The Hall–Kier alpha value is -2.37. The Kier molecular flexibility index (Phi) is 4.70. The first-order chi connectivity index (χ1) is 9.65. The summed E-state index contributed by atoms with van der Waals surface area (Å²) in [4.78, 5) is 11.8. The van der Waals surface area contributed by atoms with E-state index in [4.69, 9.17) is 5.73 Å². The second-order valence-electron chi connectivity index (χ2n) is 4.79. The smallest absolute Gasteiger partial charge is 0.220 e. The van der Waals surface area contributed by atoms with Gasteiger partial charge in [0.15, 0.2) is 0 Å². The van der Waals surface area contributed by atoms with E-state index >= 15 is 0 Å². The number of anilines is 1. The van der Waals surface area contributed by atoms with Crippen molar-refractivity contribution in [2.45, 2.75) is 25.8 Å². The Labute approximate surface area is 118 Å². The molecule has 1 unspecified atom stereocenters. The molecule has 106 valence electrons. The van der Waals surface area contributed by atoms with Crippen molar-refractivity contribution in [1.29, 1.82) is 0 Å². The molecule has 0 fully saturated rings. The maximum Gasteiger partial charge on any atom is 0.220 e. The molecule has 0 bridgehead atoms. The van der Waals surface area contributed by atoms with Gasteiger partial charge in [-0.05, 0) is 23.6 Å². The maximum absolute atomic E-state index is 11.8. The van der Waals surface area contributed by atoms with Crippen LogP contribution in [0.5, 0.6) is 0 Å². The molecule has 0 aliphatic rings. The molecule has 0 radical (unpaired) electrons. The van der Waals surface area contributed by atoms with Crippen LogP contribution in [0, 0.1) is 0 Å². The summed E-state index contributed by atoms with van der Waals surface area (Å²) in [5, 5.41) is 10.4. The topological polar surface area (TPSA) is 85.8 Å². The zero-order valence-corrected chi connectivity index (χ0v) is 11.5. The van der Waals surface area contributed by atoms with E-state index in [-0.39, 0.29) is 11.8 Å². The van der Waals surface area contributed by atoms with Gasteiger partial charge in [0.25, 0.3) is 0 Å². The molecule has 0 aliphatic heterocycles. The molecule has 1 atom stereocenters. The highest BCUT2D eigenvalue weighted by atomic mass is 16.1. The van der Waals surface area contributed by atoms with E-state index < -0.39 is 0 Å². The van der Waals surface area contributed by atoms with Crippen LogP contribution in [0.15, 0.2) is 36.7 Å². The van der Waals surface area contributed by atoms with Crippen molar-refractivity contribution in [1.82, 2.24) is 20.3 Å². The van der Waals surface area contributed by atoms with Crippen LogP contribution < -0.4 is 11.1 Å². The second-order valence-corrected chi connectivity index (χ2v) is 4.79. The average molecular weight is 273 g/mol. The van der Waals surface area contributed by atoms with Gasteiger partial charge in [0.1, 0.15) is 0 Å². The van der Waals surface area contributed by atoms with Gasteiger partial charge in [-0.1, -0.05) is 24.3 Å². The Morgan fingerprint density at radius 3 is 2.80 bits per heavy atom. The lowest BCUT2D eigenvalue weighted by Gasteiger charge is -2.12. The van der Waals surface area contributed by atoms with Gasteiger partial charge < -0.3 is 11.1 Å². The van der Waals surface area contributed by atoms with Crippen molar-refractivity contribution in [2.24, 2.45) is 0 Å². The molecule has 1 amide bonds. The first-order valence-electron chi connectivity index (χ1n) is 6.61. The number of hydrogen-bond donors (Lipinski definition) is 2. The SMILES string of the molecule is CC(CC(=O)NCCn1ccnn1)c1ccc(N)cc1. The molecule has 1 aromatic carbocycles. The fraction of sp³-hybridized carbons (Fsp3) is 0.357. The number of rotatable bonds is 6. The minimum Gasteiger partial charge on any atom is -0.399 e. The van der Waals surface area contributed by atoms with Crippen LogP contribution in [0.4, 0.5) is 5.69 Å². The molecule has 0 saturated heterocycles. The highest BCUT2D eigenvalue weighted by Gasteiger charge is 2.10. The number of hydrogen-bond acceptors (Lipinski definition) is 4. The summed E-state index contributed by atoms with van der Waals surface area (Å²) in [7, 11) is 0. The van der Waals surface area contributed by atoms with Crippen molar-refractivity contribution in [2.75, 3.05) is 12.3 Å². The quantitative estimate of drug-likeness (QED) is 0.774. The molecule has 6 heteroatoms. The summed E-state index contributed by atoms with van der Waals surface area (Å²) in [5.74, 6) is 0.205. The van der Waals surface area contributed by atoms with E-state index in [1.54, 1.807) is 17.1 Å². The van der Waals surface area contributed by atoms with E-state index in [9.17, 15) is 4.79 Å². The number of nitrogens with one attached hydrogen (secondary N) is 1. The Morgan fingerprint density at radius 2 is 2.15 bits per heavy atom. The zero-order valence-electron chi connectivity index (χ0n) is 11.5. The van der Waals surface area contributed by atoms with Crippen molar-refractivity contribution in [3.8, 4) is 0 Å². The van der Waals surface area contributed by atoms with Gasteiger partial charge in [-0.3, -0.25) is 9.48 Å². The number of nitrogen functional groups attached to an aromatic ring is 1. The Balaban J connectivity index is 1.74. The zero-order chi connectivity index (χ0) is 14.4. The van der Waals surface area contributed by atoms with Crippen LogP contribution >= 0.6 is 0 Å². The van der Waals surface area contributed by atoms with Crippen LogP contribution in [0.1, 0.15) is 24.8 Å². The molecule has 0 aliphatic carbocycles. The lowest BCUT2D eigenvalue weighted by Crippen LogP contribution is -2.28. The number of amides is 1. The lowest BCUT2D eigenvalue weighted by atomic mass is 9.97. The summed E-state index contributed by atoms with van der Waals surface area (Å²) >= 11 is 0. The fourth-order valence-electron chi connectivity index (χ4n) is 1.95. The van der Waals surface area contributed by atoms with Gasteiger partial charge in [-0.15, -0.1) is 5.10 Å². The highest BCUT2D eigenvalue weighted by Crippen LogP contribution is 2.19. The predicted molar refractivity (Wildman–Crippen MR) is 76.9 cm³/mol. The second kappa shape index (κ2) is 6.70. The van der Waals surface area contributed by atoms with Gasteiger partial charge in [-0.25, -0.2) is 0 Å². The standard InChI is InChI=1S/C14H19N5O/c1-11(12-2-4-13(15)5-3-12)10-14(20)16-6-8-19-9-7-17-18-19/h2-5,7,9,11H,6,8,10,15H2,1H3,(H,16,20). The normalized spacial score (nSPS) is 12.1. The summed E-state index contributed by atoms with van der Waals surface area (Å²) < 4.78 is 1.68. The van der Waals surface area contributed by atoms with Gasteiger partial charge >= 0.3 is 0 Å². The molecule has 6 nitrogen and oxygen atoms in total. The minimum atomic E-state index is 0.0365. The lowest BCUT2D eigenvalue weighted by molar-refractivity contribution is -0.121. The Bertz CT molecular complexity index is 535. The highest BCUT2D eigenvalue weighted by molar-refractivity contribution is 5.76. The molecule has 2 aromatic rings. The summed E-state index contributed by atoms with van der Waals surface area (Å²) in [5.41, 5.74) is 7.50. The number of carbonyl (C=O) groups is 1. The number of carbonyl (C=O) groups excluding carboxylic acids is 1. The summed E-state index contributed by atoms with van der Waals surface area (Å²) in [6, 6.07) is 7.63. The third kappa shape index (κ3) is 4.08. The van der Waals surface area contributed by atoms with Gasteiger partial charge in [0.2, 0.25) is 5.91 Å². The number of nitrogens with two attached hydrogens (primary N) is 1. The minimum absolute atomic E-state index is 0.0365. The van der Waals surface area contributed by atoms with Crippen molar-refractivity contribution in [3.05, 3.63) is 42.2 Å².